The molecule has 3 heterocycles. The molecule has 3 nitrogen and oxygen atoms in total. The van der Waals surface area contributed by atoms with E-state index in [9.17, 15) is 4.79 Å². The normalized spacial score (nSPS) is 14.1. The fourth-order valence-corrected chi connectivity index (χ4v) is 3.08. The van der Waals surface area contributed by atoms with Crippen molar-refractivity contribution in [2.75, 3.05) is 5.73 Å². The Balaban J connectivity index is 2.16. The first-order chi connectivity index (χ1) is 7.27. The van der Waals surface area contributed by atoms with Crippen molar-refractivity contribution in [2.45, 2.75) is 0 Å². The fourth-order valence-electron chi connectivity index (χ4n) is 1.50. The number of hydrogen-bond acceptors (Lipinski definition) is 5. The van der Waals surface area contributed by atoms with E-state index in [1.807, 2.05) is 16.8 Å². The molecule has 2 aromatic heterocycles. The standard InChI is InChI=1S/C10H6N2OS2/c11-5-1-3-14-9(5)7-8(13)10-6(12-7)2-4-15-10/h1-4H,11H2. The topological polar surface area (TPSA) is 55.4 Å². The van der Waals surface area contributed by atoms with Crippen LogP contribution in [0.5, 0.6) is 0 Å². The second-order valence-electron chi connectivity index (χ2n) is 3.13. The summed E-state index contributed by atoms with van der Waals surface area (Å²) in [6.45, 7) is 0. The highest BCUT2D eigenvalue weighted by atomic mass is 32.1. The number of thiophene rings is 2. The number of anilines is 1. The van der Waals surface area contributed by atoms with E-state index < -0.39 is 0 Å². The number of nitrogens with zero attached hydrogens (tertiary/aromatic N) is 1. The van der Waals surface area contributed by atoms with E-state index in [0.717, 1.165) is 15.4 Å². The zero-order valence-corrected chi connectivity index (χ0v) is 9.19. The summed E-state index contributed by atoms with van der Waals surface area (Å²) in [4.78, 5) is 17.7. The molecule has 74 valence electrons. The van der Waals surface area contributed by atoms with Gasteiger partial charge in [0.2, 0.25) is 5.78 Å². The summed E-state index contributed by atoms with van der Waals surface area (Å²) in [5, 5.41) is 3.74. The van der Waals surface area contributed by atoms with E-state index in [-0.39, 0.29) is 5.78 Å². The second kappa shape index (κ2) is 3.01. The van der Waals surface area contributed by atoms with Gasteiger partial charge < -0.3 is 5.73 Å². The van der Waals surface area contributed by atoms with Gasteiger partial charge in [-0.3, -0.25) is 4.79 Å². The van der Waals surface area contributed by atoms with Crippen molar-refractivity contribution in [3.05, 3.63) is 32.6 Å². The van der Waals surface area contributed by atoms with Crippen LogP contribution in [0, 0.1) is 0 Å². The number of nitrogens with two attached hydrogens (primary N) is 1. The number of aliphatic imine (C=N–C) groups is 1. The summed E-state index contributed by atoms with van der Waals surface area (Å²) in [5.41, 5.74) is 7.66. The molecule has 0 aromatic carbocycles. The molecule has 0 atom stereocenters. The Morgan fingerprint density at radius 2 is 1.87 bits per heavy atom. The van der Waals surface area contributed by atoms with Crippen molar-refractivity contribution < 1.29 is 4.79 Å². The minimum atomic E-state index is -0.00542. The maximum absolute atomic E-state index is 11.9. The van der Waals surface area contributed by atoms with Gasteiger partial charge in [-0.15, -0.1) is 22.7 Å². The first kappa shape index (κ1) is 8.82. The molecule has 0 aliphatic carbocycles. The van der Waals surface area contributed by atoms with Crippen LogP contribution in [0.25, 0.3) is 0 Å². The third-order valence-corrected chi connectivity index (χ3v) is 4.05. The number of carbonyl (C=O) groups excluding carboxylic acids is 1. The minimum Gasteiger partial charge on any atom is -0.397 e. The second-order valence-corrected chi connectivity index (χ2v) is 4.96. The number of Topliss-reactive ketones (excluding diaryl/α,β-unsaturated/α-hetero) is 1. The van der Waals surface area contributed by atoms with Gasteiger partial charge in [0, 0.05) is 0 Å². The highest BCUT2D eigenvalue weighted by molar-refractivity contribution is 7.16. The van der Waals surface area contributed by atoms with Crippen molar-refractivity contribution in [3.8, 4) is 0 Å². The molecule has 5 heteroatoms. The molecular formula is C10H6N2OS2. The lowest BCUT2D eigenvalue weighted by Gasteiger charge is -1.95. The number of fused-ring (bicyclic) bond motifs is 1. The molecule has 2 aromatic rings. The fraction of sp³-hybridized carbons (Fsp3) is 0. The third kappa shape index (κ3) is 1.17. The Labute approximate surface area is 93.9 Å². The number of carbonyl (C=O) groups is 1. The van der Waals surface area contributed by atoms with E-state index >= 15 is 0 Å². The Bertz CT molecular complexity index is 580. The Hall–Kier alpha value is -1.46. The molecule has 15 heavy (non-hydrogen) atoms. The van der Waals surface area contributed by atoms with Crippen LogP contribution in [0.1, 0.15) is 14.5 Å². The van der Waals surface area contributed by atoms with Crippen LogP contribution in [0.4, 0.5) is 11.4 Å². The maximum Gasteiger partial charge on any atom is 0.225 e. The Morgan fingerprint density at radius 1 is 1.13 bits per heavy atom. The lowest BCUT2D eigenvalue weighted by atomic mass is 10.2. The number of hydrogen-bond donors (Lipinski definition) is 1. The van der Waals surface area contributed by atoms with Crippen LogP contribution in [0.3, 0.4) is 0 Å². The van der Waals surface area contributed by atoms with Crippen molar-refractivity contribution in [1.82, 2.24) is 0 Å². The average Bonchev–Trinajstić information content (AvgIpc) is 2.85. The van der Waals surface area contributed by atoms with Crippen LogP contribution in [0.2, 0.25) is 0 Å². The quantitative estimate of drug-likeness (QED) is 0.824. The molecule has 0 bridgehead atoms. The monoisotopic (exact) mass is 234 g/mol. The molecule has 0 fully saturated rings. The number of rotatable bonds is 1. The van der Waals surface area contributed by atoms with E-state index in [1.54, 1.807) is 6.07 Å². The first-order valence-corrected chi connectivity index (χ1v) is 6.07. The summed E-state index contributed by atoms with van der Waals surface area (Å²) in [5.74, 6) is -0.00542. The van der Waals surface area contributed by atoms with Gasteiger partial charge in [-0.1, -0.05) is 0 Å². The maximum atomic E-state index is 11.9. The van der Waals surface area contributed by atoms with Crippen LogP contribution in [0.15, 0.2) is 27.9 Å². The zero-order chi connectivity index (χ0) is 10.4. The Kier molecular flexibility index (Phi) is 1.77. The third-order valence-electron chi connectivity index (χ3n) is 2.21. The summed E-state index contributed by atoms with van der Waals surface area (Å²) < 4.78 is 0. The zero-order valence-electron chi connectivity index (χ0n) is 7.56. The predicted octanol–water partition coefficient (Wildman–Crippen LogP) is 2.71. The molecule has 0 spiro atoms. The van der Waals surface area contributed by atoms with Gasteiger partial charge in [-0.25, -0.2) is 4.99 Å². The number of nitrogen functional groups attached to an aromatic ring is 1. The molecule has 3 rings (SSSR count). The largest absolute Gasteiger partial charge is 0.397 e. The molecule has 1 aliphatic heterocycles. The lowest BCUT2D eigenvalue weighted by Crippen LogP contribution is -2.10. The predicted molar refractivity (Wildman–Crippen MR) is 63.6 cm³/mol. The number of ketones is 1. The average molecular weight is 234 g/mol. The van der Waals surface area contributed by atoms with E-state index in [0.29, 0.717) is 11.4 Å². The van der Waals surface area contributed by atoms with Crippen LogP contribution in [-0.2, 0) is 0 Å². The van der Waals surface area contributed by atoms with Gasteiger partial charge >= 0.3 is 0 Å². The van der Waals surface area contributed by atoms with Gasteiger partial charge in [-0.05, 0) is 22.9 Å². The summed E-state index contributed by atoms with van der Waals surface area (Å²) in [7, 11) is 0. The smallest absolute Gasteiger partial charge is 0.225 e. The molecule has 0 amide bonds. The van der Waals surface area contributed by atoms with Crippen molar-refractivity contribution >= 4 is 45.5 Å². The molecule has 1 aliphatic rings. The molecule has 0 unspecified atom stereocenters. The summed E-state index contributed by atoms with van der Waals surface area (Å²) in [6.07, 6.45) is 0. The molecule has 0 saturated carbocycles. The van der Waals surface area contributed by atoms with Crippen molar-refractivity contribution in [3.63, 3.8) is 0 Å². The van der Waals surface area contributed by atoms with Crippen molar-refractivity contribution in [1.29, 1.82) is 0 Å². The van der Waals surface area contributed by atoms with Gasteiger partial charge in [0.15, 0.2) is 0 Å². The van der Waals surface area contributed by atoms with Gasteiger partial charge in [-0.2, -0.15) is 0 Å². The Morgan fingerprint density at radius 3 is 2.53 bits per heavy atom. The van der Waals surface area contributed by atoms with E-state index in [4.69, 9.17) is 5.73 Å². The van der Waals surface area contributed by atoms with E-state index in [2.05, 4.69) is 4.99 Å². The van der Waals surface area contributed by atoms with Gasteiger partial charge in [0.25, 0.3) is 0 Å². The first-order valence-electron chi connectivity index (χ1n) is 4.31. The minimum absolute atomic E-state index is 0.00542. The molecule has 0 radical (unpaired) electrons. The molecule has 2 N–H and O–H groups in total. The molecule has 0 saturated heterocycles. The van der Waals surface area contributed by atoms with Crippen LogP contribution < -0.4 is 5.73 Å². The molecular weight excluding hydrogens is 228 g/mol. The van der Waals surface area contributed by atoms with Gasteiger partial charge in [0.05, 0.1) is 16.3 Å². The van der Waals surface area contributed by atoms with E-state index in [1.165, 1.54) is 22.7 Å². The SMILES string of the molecule is Nc1ccsc1C1=Nc2ccsc2C1=O. The highest BCUT2D eigenvalue weighted by Gasteiger charge is 2.28. The van der Waals surface area contributed by atoms with Gasteiger partial charge in [0.1, 0.15) is 10.6 Å². The lowest BCUT2D eigenvalue weighted by molar-refractivity contribution is 0.107. The van der Waals surface area contributed by atoms with Crippen LogP contribution >= 0.6 is 22.7 Å². The van der Waals surface area contributed by atoms with Crippen LogP contribution in [-0.4, -0.2) is 11.5 Å². The van der Waals surface area contributed by atoms with Crippen molar-refractivity contribution in [2.24, 2.45) is 4.99 Å². The highest BCUT2D eigenvalue weighted by Crippen LogP contribution is 2.35. The summed E-state index contributed by atoms with van der Waals surface area (Å²) >= 11 is 2.88. The summed E-state index contributed by atoms with van der Waals surface area (Å²) in [6, 6.07) is 3.65.